The van der Waals surface area contributed by atoms with Gasteiger partial charge in [0.15, 0.2) is 0 Å². The second-order valence-corrected chi connectivity index (χ2v) is 5.30. The molecule has 0 aromatic carbocycles. The molecule has 0 bridgehead atoms. The lowest BCUT2D eigenvalue weighted by Crippen LogP contribution is -2.14. The molecule has 0 aromatic rings. The Balaban J connectivity index is 0.000000240. The third kappa shape index (κ3) is 10.6. The molecule has 0 aliphatic carbocycles. The minimum atomic E-state index is -0.311. The SMILES string of the molecule is O=C1CCC(=O)OCCCCO1.O=C1CCC(=O)OCCCCO1. The van der Waals surface area contributed by atoms with Crippen molar-refractivity contribution in [3.8, 4) is 0 Å². The average molecular weight is 344 g/mol. The number of ether oxygens (including phenoxy) is 4. The van der Waals surface area contributed by atoms with Crippen LogP contribution in [0.2, 0.25) is 0 Å². The summed E-state index contributed by atoms with van der Waals surface area (Å²) in [4.78, 5) is 43.3. The normalized spacial score (nSPS) is 21.0. The lowest BCUT2D eigenvalue weighted by molar-refractivity contribution is -0.152. The highest BCUT2D eigenvalue weighted by molar-refractivity contribution is 5.78. The summed E-state index contributed by atoms with van der Waals surface area (Å²) in [5.74, 6) is -1.24. The standard InChI is InChI=1S/2C8H12O4/c2*9-7-3-4-8(10)12-6-2-1-5-11-7/h2*1-6H2. The number of esters is 4. The van der Waals surface area contributed by atoms with Gasteiger partial charge in [0.25, 0.3) is 0 Å². The van der Waals surface area contributed by atoms with Crippen LogP contribution in [0.15, 0.2) is 0 Å². The molecule has 2 aliphatic rings. The molecule has 0 saturated carbocycles. The van der Waals surface area contributed by atoms with Crippen LogP contribution in [-0.2, 0) is 38.1 Å². The Morgan fingerprint density at radius 2 is 0.625 bits per heavy atom. The molecule has 2 rings (SSSR count). The van der Waals surface area contributed by atoms with E-state index >= 15 is 0 Å². The summed E-state index contributed by atoms with van der Waals surface area (Å²) in [6, 6.07) is 0. The zero-order chi connectivity index (χ0) is 17.6. The summed E-state index contributed by atoms with van der Waals surface area (Å²) in [6.07, 6.45) is 3.60. The van der Waals surface area contributed by atoms with Gasteiger partial charge in [-0.2, -0.15) is 0 Å². The Morgan fingerprint density at radius 1 is 0.417 bits per heavy atom. The van der Waals surface area contributed by atoms with E-state index in [4.69, 9.17) is 18.9 Å². The molecular formula is C16H24O8. The molecule has 0 unspecified atom stereocenters. The molecule has 136 valence electrons. The van der Waals surface area contributed by atoms with Crippen LogP contribution in [0.1, 0.15) is 51.4 Å². The summed E-state index contributed by atoms with van der Waals surface area (Å²) >= 11 is 0. The minimum absolute atomic E-state index is 0.138. The van der Waals surface area contributed by atoms with Crippen LogP contribution >= 0.6 is 0 Å². The highest BCUT2D eigenvalue weighted by Gasteiger charge is 2.11. The zero-order valence-corrected chi connectivity index (χ0v) is 13.8. The minimum Gasteiger partial charge on any atom is -0.466 e. The Kier molecular flexibility index (Phi) is 10.2. The maximum atomic E-state index is 10.8. The van der Waals surface area contributed by atoms with Gasteiger partial charge in [0.2, 0.25) is 0 Å². The van der Waals surface area contributed by atoms with Crippen LogP contribution in [-0.4, -0.2) is 50.3 Å². The lowest BCUT2D eigenvalue weighted by Gasteiger charge is -2.08. The van der Waals surface area contributed by atoms with E-state index < -0.39 is 0 Å². The Morgan fingerprint density at radius 3 is 0.833 bits per heavy atom. The summed E-state index contributed by atoms with van der Waals surface area (Å²) in [5, 5.41) is 0. The summed E-state index contributed by atoms with van der Waals surface area (Å²) in [6.45, 7) is 1.76. The first-order valence-corrected chi connectivity index (χ1v) is 8.20. The highest BCUT2D eigenvalue weighted by atomic mass is 16.5. The van der Waals surface area contributed by atoms with Gasteiger partial charge < -0.3 is 18.9 Å². The largest absolute Gasteiger partial charge is 0.466 e. The van der Waals surface area contributed by atoms with Crippen LogP contribution in [0.3, 0.4) is 0 Å². The molecule has 24 heavy (non-hydrogen) atoms. The fourth-order valence-electron chi connectivity index (χ4n) is 1.85. The number of hydrogen-bond acceptors (Lipinski definition) is 8. The van der Waals surface area contributed by atoms with Gasteiger partial charge in [-0.15, -0.1) is 0 Å². The predicted octanol–water partition coefficient (Wildman–Crippen LogP) is 1.29. The first kappa shape index (κ1) is 19.9. The maximum absolute atomic E-state index is 10.8. The molecule has 0 aromatic heterocycles. The molecular weight excluding hydrogens is 320 g/mol. The van der Waals surface area contributed by atoms with Gasteiger partial charge in [0, 0.05) is 0 Å². The molecule has 0 N–H and O–H groups in total. The monoisotopic (exact) mass is 344 g/mol. The predicted molar refractivity (Wildman–Crippen MR) is 80.8 cm³/mol. The molecule has 2 aliphatic heterocycles. The second kappa shape index (κ2) is 12.3. The summed E-state index contributed by atoms with van der Waals surface area (Å²) < 4.78 is 19.3. The van der Waals surface area contributed by atoms with Gasteiger partial charge in [-0.1, -0.05) is 0 Å². The van der Waals surface area contributed by atoms with E-state index in [1.165, 1.54) is 0 Å². The van der Waals surface area contributed by atoms with Gasteiger partial charge in [-0.25, -0.2) is 0 Å². The fourth-order valence-corrected chi connectivity index (χ4v) is 1.85. The van der Waals surface area contributed by atoms with Crippen LogP contribution in [0.5, 0.6) is 0 Å². The van der Waals surface area contributed by atoms with Crippen molar-refractivity contribution in [2.45, 2.75) is 51.4 Å². The summed E-state index contributed by atoms with van der Waals surface area (Å²) in [5.41, 5.74) is 0. The fraction of sp³-hybridized carbons (Fsp3) is 0.750. The number of carbonyl (C=O) groups excluding carboxylic acids is 4. The van der Waals surface area contributed by atoms with Gasteiger partial charge in [0.05, 0.1) is 52.1 Å². The Labute approximate surface area is 140 Å². The van der Waals surface area contributed by atoms with E-state index in [0.29, 0.717) is 26.4 Å². The van der Waals surface area contributed by atoms with Crippen molar-refractivity contribution in [2.75, 3.05) is 26.4 Å². The van der Waals surface area contributed by atoms with Crippen molar-refractivity contribution in [3.63, 3.8) is 0 Å². The molecule has 8 heteroatoms. The lowest BCUT2D eigenvalue weighted by atomic mass is 10.3. The van der Waals surface area contributed by atoms with Crippen molar-refractivity contribution in [3.05, 3.63) is 0 Å². The summed E-state index contributed by atoms with van der Waals surface area (Å²) in [7, 11) is 0. The average Bonchev–Trinajstić information content (AvgIpc) is 2.57. The number of hydrogen-bond donors (Lipinski definition) is 0. The Bertz CT molecular complexity index is 352. The van der Waals surface area contributed by atoms with E-state index in [2.05, 4.69) is 0 Å². The molecule has 0 atom stereocenters. The zero-order valence-electron chi connectivity index (χ0n) is 13.8. The maximum Gasteiger partial charge on any atom is 0.306 e. The van der Waals surface area contributed by atoms with E-state index in [9.17, 15) is 19.2 Å². The van der Waals surface area contributed by atoms with Crippen LogP contribution in [0.25, 0.3) is 0 Å². The topological polar surface area (TPSA) is 105 Å². The van der Waals surface area contributed by atoms with Crippen LogP contribution in [0, 0.1) is 0 Å². The smallest absolute Gasteiger partial charge is 0.306 e. The molecule has 0 amide bonds. The first-order valence-electron chi connectivity index (χ1n) is 8.20. The van der Waals surface area contributed by atoms with Crippen molar-refractivity contribution in [1.82, 2.24) is 0 Å². The molecule has 0 spiro atoms. The van der Waals surface area contributed by atoms with Gasteiger partial charge in [-0.3, -0.25) is 19.2 Å². The van der Waals surface area contributed by atoms with E-state index in [-0.39, 0.29) is 49.6 Å². The van der Waals surface area contributed by atoms with Crippen molar-refractivity contribution in [2.24, 2.45) is 0 Å². The third-order valence-corrected chi connectivity index (χ3v) is 3.20. The van der Waals surface area contributed by atoms with Gasteiger partial charge >= 0.3 is 23.9 Å². The molecule has 0 radical (unpaired) electrons. The third-order valence-electron chi connectivity index (χ3n) is 3.20. The number of carbonyl (C=O) groups is 4. The van der Waals surface area contributed by atoms with E-state index in [1.54, 1.807) is 0 Å². The molecule has 2 heterocycles. The van der Waals surface area contributed by atoms with E-state index in [0.717, 1.165) is 25.7 Å². The van der Waals surface area contributed by atoms with Crippen LogP contribution in [0.4, 0.5) is 0 Å². The first-order chi connectivity index (χ1) is 11.6. The van der Waals surface area contributed by atoms with Gasteiger partial charge in [-0.05, 0) is 25.7 Å². The van der Waals surface area contributed by atoms with Crippen molar-refractivity contribution < 1.29 is 38.1 Å². The quantitative estimate of drug-likeness (QED) is 0.478. The Hall–Kier alpha value is -2.12. The van der Waals surface area contributed by atoms with Crippen LogP contribution < -0.4 is 0 Å². The molecule has 2 saturated heterocycles. The second-order valence-electron chi connectivity index (χ2n) is 5.30. The van der Waals surface area contributed by atoms with Crippen molar-refractivity contribution in [1.29, 1.82) is 0 Å². The van der Waals surface area contributed by atoms with Crippen molar-refractivity contribution >= 4 is 23.9 Å². The highest BCUT2D eigenvalue weighted by Crippen LogP contribution is 2.02. The number of cyclic esters (lactones) is 4. The van der Waals surface area contributed by atoms with Gasteiger partial charge in [0.1, 0.15) is 0 Å². The molecule has 2 fully saturated rings. The number of rotatable bonds is 0. The molecule has 8 nitrogen and oxygen atoms in total. The van der Waals surface area contributed by atoms with E-state index in [1.807, 2.05) is 0 Å².